The fraction of sp³-hybridized carbons (Fsp3) is 0.576. The number of hydrogen-bond donors (Lipinski definition) is 29. The van der Waals surface area contributed by atoms with Crippen molar-refractivity contribution in [1.29, 1.82) is 5.41 Å². The molecular formula is C59H94N20O23S4. The van der Waals surface area contributed by atoms with Crippen LogP contribution in [0.3, 0.4) is 0 Å². The van der Waals surface area contributed by atoms with Crippen LogP contribution in [0, 0.1) is 11.3 Å². The largest absolute Gasteiger partial charge is 0.508 e. The third-order valence-corrected chi connectivity index (χ3v) is 16.3. The Balaban J connectivity index is 3.15. The Morgan fingerprint density at radius 1 is 0.453 bits per heavy atom. The third kappa shape index (κ3) is 35.7. The van der Waals surface area contributed by atoms with Gasteiger partial charge in [0.25, 0.3) is 0 Å². The van der Waals surface area contributed by atoms with Gasteiger partial charge in [0.1, 0.15) is 84.8 Å². The van der Waals surface area contributed by atoms with Crippen molar-refractivity contribution in [3.63, 3.8) is 0 Å². The molecule has 0 aromatic heterocycles. The van der Waals surface area contributed by atoms with Crippen molar-refractivity contribution < 1.29 is 112 Å². The second-order valence-corrected chi connectivity index (χ2v) is 24.9. The molecule has 16 amide bonds. The highest BCUT2D eigenvalue weighted by atomic mass is 32.1. The predicted molar refractivity (Wildman–Crippen MR) is 385 cm³/mol. The van der Waals surface area contributed by atoms with Crippen molar-refractivity contribution in [2.75, 3.05) is 62.3 Å². The number of benzene rings is 1. The molecule has 0 aliphatic heterocycles. The van der Waals surface area contributed by atoms with Gasteiger partial charge in [-0.3, -0.25) is 91.7 Å². The van der Waals surface area contributed by atoms with E-state index in [2.05, 4.69) is 130 Å². The van der Waals surface area contributed by atoms with Crippen LogP contribution >= 0.6 is 50.5 Å². The first-order chi connectivity index (χ1) is 49.7. The zero-order chi connectivity index (χ0) is 80.7. The lowest BCUT2D eigenvalue weighted by Gasteiger charge is -2.28. The molecule has 0 aliphatic rings. The Morgan fingerprint density at radius 2 is 0.849 bits per heavy atom. The van der Waals surface area contributed by atoms with Crippen LogP contribution in [0.2, 0.25) is 0 Å². The first-order valence-electron chi connectivity index (χ1n) is 32.2. The minimum absolute atomic E-state index is 0.0130. The van der Waals surface area contributed by atoms with E-state index < -0.39 is 260 Å². The quantitative estimate of drug-likeness (QED) is 0.0125. The average molecular weight is 1580 g/mol. The molecule has 0 fully saturated rings. The van der Waals surface area contributed by atoms with Crippen LogP contribution in [-0.2, 0) is 92.7 Å². The average Bonchev–Trinajstić information content (AvgIpc) is 0.864. The van der Waals surface area contributed by atoms with Gasteiger partial charge in [0.05, 0.1) is 45.2 Å². The number of aromatic hydroxyl groups is 1. The van der Waals surface area contributed by atoms with Gasteiger partial charge in [0, 0.05) is 36.0 Å². The maximum Gasteiger partial charge on any atom is 0.322 e. The van der Waals surface area contributed by atoms with E-state index in [0.29, 0.717) is 5.56 Å². The number of nitrogens with one attached hydrogen (secondary N) is 17. The highest BCUT2D eigenvalue weighted by molar-refractivity contribution is 7.80. The highest BCUT2D eigenvalue weighted by Gasteiger charge is 2.37. The van der Waals surface area contributed by atoms with Crippen molar-refractivity contribution >= 4 is 163 Å². The van der Waals surface area contributed by atoms with Crippen LogP contribution in [0.5, 0.6) is 5.75 Å². The summed E-state index contributed by atoms with van der Waals surface area (Å²) in [5.41, 5.74) is 16.6. The summed E-state index contributed by atoms with van der Waals surface area (Å²) in [7, 11) is 0. The van der Waals surface area contributed by atoms with Crippen LogP contribution in [0.25, 0.3) is 0 Å². The molecule has 14 atom stereocenters. The molecule has 1 aromatic carbocycles. The topological polar surface area (TPSA) is 703 Å². The maximum absolute atomic E-state index is 14.0. The molecule has 0 saturated heterocycles. The molecule has 28 N–H and O–H groups in total. The van der Waals surface area contributed by atoms with E-state index in [0.717, 1.165) is 6.92 Å². The molecule has 0 unspecified atom stereocenters. The number of primary amides is 1. The number of rotatable bonds is 49. The third-order valence-electron chi connectivity index (χ3n) is 14.8. The molecule has 0 spiro atoms. The van der Waals surface area contributed by atoms with E-state index >= 15 is 0 Å². The summed E-state index contributed by atoms with van der Waals surface area (Å²) in [6.45, 7) is 1.12. The zero-order valence-electron chi connectivity index (χ0n) is 57.8. The highest BCUT2D eigenvalue weighted by Crippen LogP contribution is 2.14. The Hall–Kier alpha value is -9.97. The van der Waals surface area contributed by atoms with Gasteiger partial charge in [-0.1, -0.05) is 32.4 Å². The SMILES string of the molecule is CC[C@H](C)[C@H](NC(=O)[C@H](CS)NC(=O)[C@H](C)NC(=O)CNC(=O)[C@@H](NC(=O)[C@H](CS)NC(=O)[C@H](CC(=O)O)NC(=O)[C@@H](N)CO)[C@@H](C)O)C(=O)N[C@@H](CS)C(=O)N[C@@H](CCCNC(=N)N)C(=O)NCC(=O)N[C@@H](CC(N)=O)C(=O)NCC(=O)N[C@@H](Cc1ccc(O)cc1)C(=O)N[C@@H](CS)C(=O)NCC(=O)O. The molecule has 1 aromatic rings. The maximum atomic E-state index is 14.0. The number of amides is 16. The van der Waals surface area contributed by atoms with E-state index in [9.17, 15) is 102 Å². The van der Waals surface area contributed by atoms with Crippen molar-refractivity contribution in [3.8, 4) is 5.75 Å². The van der Waals surface area contributed by atoms with E-state index in [1.807, 2.05) is 5.32 Å². The van der Waals surface area contributed by atoms with Crippen molar-refractivity contribution in [3.05, 3.63) is 29.8 Å². The van der Waals surface area contributed by atoms with Crippen molar-refractivity contribution in [1.82, 2.24) is 85.1 Å². The smallest absolute Gasteiger partial charge is 0.322 e. The standard InChI is InChI=1S/C59H94N20O23S4/c1-5-25(2)45(78-55(99)37(23-105)74-47(91)26(3)69-40(84)16-67-57(101)46(27(4)81)79-56(100)38(24-106)76-53(97)34(15-43(87)88)73-48(92)30(60)20-80)58(102)77-36(22-104)54(98)72-31(7-6-12-64-59(62)63)49(93)65-17-42(86)71-33(14-39(61)83)50(94)66-18-41(85)70-32(13-28-8-10-29(82)11-9-28)52(96)75-35(21-103)51(95)68-19-44(89)90/h8-11,25-27,30-38,45-46,80-82,103-106H,5-7,12-24,60H2,1-4H3,(H2,61,83)(H,65,93)(H,66,94)(H,67,101)(H,68,95)(H,69,84)(H,70,85)(H,71,86)(H,72,98)(H,73,92)(H,74,91)(H,75,96)(H,76,97)(H,77,102)(H,78,99)(H,79,100)(H,87,88)(H,89,90)(H4,62,63,64)/t25-,26-,27+,30-,31-,32-,33-,34-,35-,36-,37-,38-,45-,46-/m0/s1. The Kier molecular flexibility index (Phi) is 43.4. The number of carboxylic acid groups (broad SMARTS) is 2. The van der Waals surface area contributed by atoms with Gasteiger partial charge in [-0.2, -0.15) is 50.5 Å². The summed E-state index contributed by atoms with van der Waals surface area (Å²) >= 11 is 16.4. The number of aliphatic hydroxyl groups is 2. The predicted octanol–water partition coefficient (Wildman–Crippen LogP) is -12.1. The van der Waals surface area contributed by atoms with Gasteiger partial charge < -0.3 is 128 Å². The van der Waals surface area contributed by atoms with Gasteiger partial charge in [0.15, 0.2) is 5.96 Å². The minimum atomic E-state index is -1.81. The number of aliphatic hydroxyl groups excluding tert-OH is 2. The number of nitrogens with two attached hydrogens (primary N) is 3. The molecule has 106 heavy (non-hydrogen) atoms. The molecule has 0 radical (unpaired) electrons. The van der Waals surface area contributed by atoms with Crippen LogP contribution in [0.1, 0.15) is 65.4 Å². The lowest BCUT2D eigenvalue weighted by molar-refractivity contribution is -0.141. The summed E-state index contributed by atoms with van der Waals surface area (Å²) in [5, 5.41) is 91.5. The van der Waals surface area contributed by atoms with Crippen LogP contribution in [-0.4, -0.2) is 279 Å². The van der Waals surface area contributed by atoms with E-state index in [1.54, 1.807) is 13.8 Å². The number of carbonyl (C=O) groups is 18. The number of carboxylic acids is 2. The molecule has 0 saturated carbocycles. The monoisotopic (exact) mass is 1580 g/mol. The Bertz CT molecular complexity index is 3290. The summed E-state index contributed by atoms with van der Waals surface area (Å²) in [6.07, 6.45) is -3.70. The van der Waals surface area contributed by atoms with Crippen LogP contribution in [0.4, 0.5) is 0 Å². The Labute approximate surface area is 628 Å². The summed E-state index contributed by atoms with van der Waals surface area (Å²) in [4.78, 5) is 234. The second-order valence-electron chi connectivity index (χ2n) is 23.4. The number of carbonyl (C=O) groups excluding carboxylic acids is 16. The fourth-order valence-corrected chi connectivity index (χ4v) is 9.82. The van der Waals surface area contributed by atoms with E-state index in [4.69, 9.17) is 32.8 Å². The molecule has 43 nitrogen and oxygen atoms in total. The van der Waals surface area contributed by atoms with Crippen LogP contribution < -0.4 is 102 Å². The van der Waals surface area contributed by atoms with E-state index in [-0.39, 0.29) is 43.7 Å². The number of hydrogen-bond acceptors (Lipinski definition) is 27. The first kappa shape index (κ1) is 94.0. The van der Waals surface area contributed by atoms with Crippen LogP contribution in [0.15, 0.2) is 24.3 Å². The number of guanidine groups is 1. The molecule has 1 rings (SSSR count). The summed E-state index contributed by atoms with van der Waals surface area (Å²) in [6, 6.07) is -13.4. The molecule has 0 aliphatic carbocycles. The van der Waals surface area contributed by atoms with Gasteiger partial charge in [-0.15, -0.1) is 0 Å². The normalized spacial score (nSPS) is 14.8. The molecule has 0 bridgehead atoms. The van der Waals surface area contributed by atoms with Gasteiger partial charge in [-0.25, -0.2) is 0 Å². The number of thiol groups is 4. The first-order valence-corrected chi connectivity index (χ1v) is 34.8. The Morgan fingerprint density at radius 3 is 1.32 bits per heavy atom. The molecular weight excluding hydrogens is 1490 g/mol. The lowest BCUT2D eigenvalue weighted by Crippen LogP contribution is -2.61. The van der Waals surface area contributed by atoms with Gasteiger partial charge in [0.2, 0.25) is 94.5 Å². The summed E-state index contributed by atoms with van der Waals surface area (Å²) < 4.78 is 0. The van der Waals surface area contributed by atoms with E-state index in [1.165, 1.54) is 31.2 Å². The minimum Gasteiger partial charge on any atom is -0.508 e. The molecule has 0 heterocycles. The second kappa shape index (κ2) is 48.9. The molecule has 592 valence electrons. The number of aliphatic carboxylic acids is 2. The van der Waals surface area contributed by atoms with Gasteiger partial charge in [-0.05, 0) is 50.3 Å². The van der Waals surface area contributed by atoms with Crippen molar-refractivity contribution in [2.45, 2.75) is 145 Å². The van der Waals surface area contributed by atoms with Crippen molar-refractivity contribution in [2.24, 2.45) is 23.1 Å². The zero-order valence-corrected chi connectivity index (χ0v) is 61.4. The number of phenols is 1. The lowest BCUT2D eigenvalue weighted by atomic mass is 9.97. The molecule has 47 heteroatoms. The number of phenolic OH excluding ortho intramolecular Hbond substituents is 1. The van der Waals surface area contributed by atoms with Gasteiger partial charge >= 0.3 is 11.9 Å². The summed E-state index contributed by atoms with van der Waals surface area (Å²) in [5.74, 6) is -22.7. The fourth-order valence-electron chi connectivity index (χ4n) is 8.79.